The zero-order chi connectivity index (χ0) is 15.6. The lowest BCUT2D eigenvalue weighted by molar-refractivity contribution is 0.297. The molecule has 1 aliphatic rings. The summed E-state index contributed by atoms with van der Waals surface area (Å²) in [5.74, 6) is 1.43. The van der Waals surface area contributed by atoms with Gasteiger partial charge in [-0.3, -0.25) is 0 Å². The first-order valence-electron chi connectivity index (χ1n) is 8.23. The lowest BCUT2D eigenvalue weighted by atomic mass is 9.85. The fourth-order valence-corrected chi connectivity index (χ4v) is 3.70. The van der Waals surface area contributed by atoms with Crippen LogP contribution in [0.2, 0.25) is 5.02 Å². The van der Waals surface area contributed by atoms with Crippen LogP contribution in [0.3, 0.4) is 0 Å². The minimum absolute atomic E-state index is 0.223. The van der Waals surface area contributed by atoms with Crippen molar-refractivity contribution < 1.29 is 0 Å². The van der Waals surface area contributed by atoms with Crippen molar-refractivity contribution in [1.29, 1.82) is 0 Å². The summed E-state index contributed by atoms with van der Waals surface area (Å²) in [7, 11) is 0. The standard InChI is InChI=1S/C18H29ClN2/c1-5-16(20)9-15-6-7-18(17(19)10-15)21-11-12(2)8-13(3)14(21)4/h6-7,10,12-14,16H,5,8-9,11,20H2,1-4H3. The molecule has 21 heavy (non-hydrogen) atoms. The molecule has 0 saturated carbocycles. The summed E-state index contributed by atoms with van der Waals surface area (Å²) in [6, 6.07) is 7.24. The second-order valence-electron chi connectivity index (χ2n) is 6.87. The van der Waals surface area contributed by atoms with E-state index in [2.05, 4.69) is 50.8 Å². The molecule has 0 bridgehead atoms. The Kier molecular flexibility index (Phi) is 5.56. The topological polar surface area (TPSA) is 29.3 Å². The highest BCUT2D eigenvalue weighted by Gasteiger charge is 2.29. The van der Waals surface area contributed by atoms with E-state index in [4.69, 9.17) is 17.3 Å². The lowest BCUT2D eigenvalue weighted by Gasteiger charge is -2.43. The third kappa shape index (κ3) is 3.92. The molecule has 0 aromatic heterocycles. The summed E-state index contributed by atoms with van der Waals surface area (Å²) >= 11 is 6.57. The van der Waals surface area contributed by atoms with Crippen LogP contribution in [0.4, 0.5) is 5.69 Å². The van der Waals surface area contributed by atoms with E-state index in [1.165, 1.54) is 17.7 Å². The number of nitrogens with zero attached hydrogens (tertiary/aromatic N) is 1. The molecule has 0 amide bonds. The molecule has 1 fully saturated rings. The van der Waals surface area contributed by atoms with E-state index < -0.39 is 0 Å². The number of hydrogen-bond donors (Lipinski definition) is 1. The van der Waals surface area contributed by atoms with Crippen molar-refractivity contribution in [1.82, 2.24) is 0 Å². The molecule has 1 saturated heterocycles. The second-order valence-corrected chi connectivity index (χ2v) is 7.28. The minimum atomic E-state index is 0.223. The average molecular weight is 309 g/mol. The molecule has 1 aliphatic heterocycles. The average Bonchev–Trinajstić information content (AvgIpc) is 2.43. The Balaban J connectivity index is 2.20. The first-order chi connectivity index (χ1) is 9.92. The third-order valence-corrected chi connectivity index (χ3v) is 5.24. The van der Waals surface area contributed by atoms with E-state index in [0.717, 1.165) is 30.3 Å². The first-order valence-corrected chi connectivity index (χ1v) is 8.60. The predicted octanol–water partition coefficient (Wildman–Crippen LogP) is 4.49. The van der Waals surface area contributed by atoms with E-state index in [1.807, 2.05) is 0 Å². The monoisotopic (exact) mass is 308 g/mol. The van der Waals surface area contributed by atoms with Crippen molar-refractivity contribution in [2.45, 2.75) is 59.0 Å². The van der Waals surface area contributed by atoms with E-state index in [0.29, 0.717) is 12.0 Å². The molecule has 0 aliphatic carbocycles. The highest BCUT2D eigenvalue weighted by atomic mass is 35.5. The van der Waals surface area contributed by atoms with Gasteiger partial charge in [-0.25, -0.2) is 0 Å². The van der Waals surface area contributed by atoms with E-state index in [9.17, 15) is 0 Å². The molecule has 1 aromatic rings. The van der Waals surface area contributed by atoms with Gasteiger partial charge in [-0.2, -0.15) is 0 Å². The Bertz CT molecular complexity index is 474. The summed E-state index contributed by atoms with van der Waals surface area (Å²) in [5.41, 5.74) is 8.46. The third-order valence-electron chi connectivity index (χ3n) is 4.94. The van der Waals surface area contributed by atoms with Gasteiger partial charge < -0.3 is 10.6 Å². The highest BCUT2D eigenvalue weighted by molar-refractivity contribution is 6.33. The molecule has 2 nitrogen and oxygen atoms in total. The Morgan fingerprint density at radius 3 is 2.67 bits per heavy atom. The Hall–Kier alpha value is -0.730. The van der Waals surface area contributed by atoms with Crippen LogP contribution in [0, 0.1) is 11.8 Å². The Labute approximate surface area is 134 Å². The van der Waals surface area contributed by atoms with Crippen LogP contribution in [0.15, 0.2) is 18.2 Å². The predicted molar refractivity (Wildman–Crippen MR) is 93.2 cm³/mol. The quantitative estimate of drug-likeness (QED) is 0.888. The normalized spacial score (nSPS) is 27.7. The van der Waals surface area contributed by atoms with Crippen molar-refractivity contribution >= 4 is 17.3 Å². The van der Waals surface area contributed by atoms with Crippen molar-refractivity contribution in [3.05, 3.63) is 28.8 Å². The maximum absolute atomic E-state index is 6.57. The van der Waals surface area contributed by atoms with Crippen molar-refractivity contribution in [2.75, 3.05) is 11.4 Å². The van der Waals surface area contributed by atoms with E-state index >= 15 is 0 Å². The van der Waals surface area contributed by atoms with Gasteiger partial charge in [0.15, 0.2) is 0 Å². The Morgan fingerprint density at radius 1 is 1.33 bits per heavy atom. The van der Waals surface area contributed by atoms with E-state index in [-0.39, 0.29) is 6.04 Å². The SMILES string of the molecule is CCC(N)Cc1ccc(N2CC(C)CC(C)C2C)c(Cl)c1. The molecule has 2 N–H and O–H groups in total. The van der Waals surface area contributed by atoms with Gasteiger partial charge in [-0.05, 0) is 55.7 Å². The van der Waals surface area contributed by atoms with Crippen LogP contribution in [0.25, 0.3) is 0 Å². The molecule has 0 spiro atoms. The smallest absolute Gasteiger partial charge is 0.0642 e. The summed E-state index contributed by atoms with van der Waals surface area (Å²) in [4.78, 5) is 2.48. The largest absolute Gasteiger partial charge is 0.367 e. The molecule has 3 heteroatoms. The lowest BCUT2D eigenvalue weighted by Crippen LogP contribution is -2.46. The van der Waals surface area contributed by atoms with Crippen LogP contribution >= 0.6 is 11.6 Å². The fourth-order valence-electron chi connectivity index (χ4n) is 3.39. The molecule has 2 rings (SSSR count). The zero-order valence-corrected chi connectivity index (χ0v) is 14.5. The number of halogens is 1. The number of rotatable bonds is 4. The van der Waals surface area contributed by atoms with Gasteiger partial charge >= 0.3 is 0 Å². The number of benzene rings is 1. The van der Waals surface area contributed by atoms with Crippen LogP contribution in [-0.4, -0.2) is 18.6 Å². The number of piperidine rings is 1. The van der Waals surface area contributed by atoms with Gasteiger partial charge in [0, 0.05) is 18.6 Å². The van der Waals surface area contributed by atoms with Crippen LogP contribution in [-0.2, 0) is 6.42 Å². The molecule has 4 unspecified atom stereocenters. The van der Waals surface area contributed by atoms with Crippen LogP contribution in [0.1, 0.15) is 46.1 Å². The van der Waals surface area contributed by atoms with Crippen molar-refractivity contribution in [3.8, 4) is 0 Å². The molecule has 1 heterocycles. The zero-order valence-electron chi connectivity index (χ0n) is 13.8. The van der Waals surface area contributed by atoms with Crippen LogP contribution in [0.5, 0.6) is 0 Å². The molecular formula is C18H29ClN2. The van der Waals surface area contributed by atoms with Crippen molar-refractivity contribution in [2.24, 2.45) is 17.6 Å². The maximum Gasteiger partial charge on any atom is 0.0642 e. The summed E-state index contributed by atoms with van der Waals surface area (Å²) in [6.45, 7) is 10.2. The number of anilines is 1. The van der Waals surface area contributed by atoms with E-state index in [1.54, 1.807) is 0 Å². The summed E-state index contributed by atoms with van der Waals surface area (Å²) in [5, 5.41) is 0.865. The number of hydrogen-bond acceptors (Lipinski definition) is 2. The molecule has 0 radical (unpaired) electrons. The van der Waals surface area contributed by atoms with Gasteiger partial charge in [0.1, 0.15) is 0 Å². The van der Waals surface area contributed by atoms with Gasteiger partial charge in [0.2, 0.25) is 0 Å². The molecule has 1 aromatic carbocycles. The molecule has 118 valence electrons. The first kappa shape index (κ1) is 16.6. The summed E-state index contributed by atoms with van der Waals surface area (Å²) < 4.78 is 0. The fraction of sp³-hybridized carbons (Fsp3) is 0.667. The van der Waals surface area contributed by atoms with Crippen LogP contribution < -0.4 is 10.6 Å². The molecular weight excluding hydrogens is 280 g/mol. The summed E-state index contributed by atoms with van der Waals surface area (Å²) in [6.07, 6.45) is 3.20. The van der Waals surface area contributed by atoms with Gasteiger partial charge in [0.25, 0.3) is 0 Å². The van der Waals surface area contributed by atoms with Gasteiger partial charge in [0.05, 0.1) is 10.7 Å². The second kappa shape index (κ2) is 7.02. The molecule has 4 atom stereocenters. The number of nitrogens with two attached hydrogens (primary N) is 1. The minimum Gasteiger partial charge on any atom is -0.367 e. The maximum atomic E-state index is 6.57. The van der Waals surface area contributed by atoms with Gasteiger partial charge in [-0.1, -0.05) is 38.4 Å². The van der Waals surface area contributed by atoms with Gasteiger partial charge in [-0.15, -0.1) is 0 Å². The highest BCUT2D eigenvalue weighted by Crippen LogP contribution is 2.35. The van der Waals surface area contributed by atoms with Crippen molar-refractivity contribution in [3.63, 3.8) is 0 Å². The Morgan fingerprint density at radius 2 is 2.05 bits per heavy atom.